The van der Waals surface area contributed by atoms with Crippen LogP contribution in [0.25, 0.3) is 0 Å². The highest BCUT2D eigenvalue weighted by Gasteiger charge is 2.27. The van der Waals surface area contributed by atoms with E-state index in [1.807, 2.05) is 0 Å². The van der Waals surface area contributed by atoms with Gasteiger partial charge in [-0.1, -0.05) is 48.0 Å². The molecule has 0 spiro atoms. The van der Waals surface area contributed by atoms with Crippen LogP contribution in [0.15, 0.2) is 83.8 Å². The number of hydrogen-bond donors (Lipinski definition) is 1. The van der Waals surface area contributed by atoms with Crippen molar-refractivity contribution < 1.29 is 22.7 Å². The Morgan fingerprint density at radius 2 is 1.58 bits per heavy atom. The Morgan fingerprint density at radius 1 is 0.968 bits per heavy atom. The van der Waals surface area contributed by atoms with Gasteiger partial charge in [0.1, 0.15) is 6.54 Å². The van der Waals surface area contributed by atoms with E-state index in [9.17, 15) is 18.0 Å². The summed E-state index contributed by atoms with van der Waals surface area (Å²) in [6.45, 7) is -0.500. The molecule has 3 aromatic carbocycles. The molecular formula is C22H19ClN2O5S. The zero-order valence-corrected chi connectivity index (χ0v) is 18.1. The Morgan fingerprint density at radius 3 is 2.19 bits per heavy atom. The molecule has 0 aliphatic rings. The Hall–Kier alpha value is -3.36. The molecule has 0 saturated carbocycles. The third kappa shape index (κ3) is 5.22. The summed E-state index contributed by atoms with van der Waals surface area (Å²) in [7, 11) is -2.77. The lowest BCUT2D eigenvalue weighted by Gasteiger charge is -2.24. The van der Waals surface area contributed by atoms with Crippen LogP contribution in [-0.4, -0.2) is 33.9 Å². The molecule has 0 aliphatic heterocycles. The fourth-order valence-electron chi connectivity index (χ4n) is 2.82. The molecule has 3 rings (SSSR count). The van der Waals surface area contributed by atoms with E-state index >= 15 is 0 Å². The van der Waals surface area contributed by atoms with Gasteiger partial charge in [-0.05, 0) is 42.5 Å². The van der Waals surface area contributed by atoms with Crippen molar-refractivity contribution in [2.45, 2.75) is 4.90 Å². The van der Waals surface area contributed by atoms with Crippen LogP contribution in [0.3, 0.4) is 0 Å². The minimum absolute atomic E-state index is 0.0531. The molecule has 0 heterocycles. The van der Waals surface area contributed by atoms with Gasteiger partial charge in [-0.15, -0.1) is 0 Å². The number of methoxy groups -OCH3 is 1. The molecule has 31 heavy (non-hydrogen) atoms. The number of hydrogen-bond acceptors (Lipinski definition) is 5. The largest absolute Gasteiger partial charge is 0.465 e. The fraction of sp³-hybridized carbons (Fsp3) is 0.0909. The predicted octanol–water partition coefficient (Wildman–Crippen LogP) is 3.96. The standard InChI is InChI=1S/C22H19ClN2O5S/c1-30-22(27)16-12-13-19(23)20(14-16)24-21(26)15-25(17-8-4-2-5-9-17)31(28,29)18-10-6-3-7-11-18/h2-14H,15H2,1H3,(H,24,26). The Labute approximate surface area is 185 Å². The maximum absolute atomic E-state index is 13.2. The van der Waals surface area contributed by atoms with E-state index in [0.717, 1.165) is 4.31 Å². The second-order valence-electron chi connectivity index (χ2n) is 6.39. The maximum atomic E-state index is 13.2. The minimum Gasteiger partial charge on any atom is -0.465 e. The van der Waals surface area contributed by atoms with E-state index < -0.39 is 28.4 Å². The number of nitrogens with zero attached hydrogens (tertiary/aromatic N) is 1. The van der Waals surface area contributed by atoms with Crippen molar-refractivity contribution in [2.75, 3.05) is 23.3 Å². The first-order valence-corrected chi connectivity index (χ1v) is 11.0. The Kier molecular flexibility index (Phi) is 6.94. The molecule has 0 radical (unpaired) electrons. The zero-order chi connectivity index (χ0) is 22.4. The van der Waals surface area contributed by atoms with Gasteiger partial charge < -0.3 is 10.1 Å². The monoisotopic (exact) mass is 458 g/mol. The summed E-state index contributed by atoms with van der Waals surface area (Å²) in [5.74, 6) is -1.22. The molecule has 160 valence electrons. The molecule has 0 atom stereocenters. The number of sulfonamides is 1. The van der Waals surface area contributed by atoms with Crippen molar-refractivity contribution in [3.05, 3.63) is 89.4 Å². The van der Waals surface area contributed by atoms with Gasteiger partial charge in [0, 0.05) is 0 Å². The van der Waals surface area contributed by atoms with Gasteiger partial charge in [0.25, 0.3) is 10.0 Å². The van der Waals surface area contributed by atoms with Crippen molar-refractivity contribution in [1.82, 2.24) is 0 Å². The van der Waals surface area contributed by atoms with E-state index in [-0.39, 0.29) is 21.2 Å². The number of carbonyl (C=O) groups is 2. The van der Waals surface area contributed by atoms with Gasteiger partial charge in [0.15, 0.2) is 0 Å². The first-order chi connectivity index (χ1) is 14.8. The smallest absolute Gasteiger partial charge is 0.337 e. The zero-order valence-electron chi connectivity index (χ0n) is 16.5. The molecule has 0 aliphatic carbocycles. The Balaban J connectivity index is 1.91. The normalized spacial score (nSPS) is 10.9. The lowest BCUT2D eigenvalue weighted by atomic mass is 10.2. The second kappa shape index (κ2) is 9.63. The quantitative estimate of drug-likeness (QED) is 0.541. The van der Waals surface area contributed by atoms with Crippen molar-refractivity contribution >= 4 is 44.9 Å². The summed E-state index contributed by atoms with van der Waals surface area (Å²) in [5, 5.41) is 2.76. The number of anilines is 2. The Bertz CT molecular complexity index is 1190. The van der Waals surface area contributed by atoms with Gasteiger partial charge >= 0.3 is 5.97 Å². The average molecular weight is 459 g/mol. The average Bonchev–Trinajstić information content (AvgIpc) is 2.79. The third-order valence-corrected chi connectivity index (χ3v) is 6.44. The number of amides is 1. The van der Waals surface area contributed by atoms with E-state index in [2.05, 4.69) is 10.1 Å². The maximum Gasteiger partial charge on any atom is 0.337 e. The van der Waals surface area contributed by atoms with E-state index in [1.54, 1.807) is 48.5 Å². The number of benzene rings is 3. The highest BCUT2D eigenvalue weighted by Crippen LogP contribution is 2.26. The van der Waals surface area contributed by atoms with Crippen molar-refractivity contribution in [3.63, 3.8) is 0 Å². The number of ether oxygens (including phenoxy) is 1. The van der Waals surface area contributed by atoms with Gasteiger partial charge in [-0.3, -0.25) is 9.10 Å². The molecule has 3 aromatic rings. The molecule has 0 saturated heterocycles. The highest BCUT2D eigenvalue weighted by atomic mass is 35.5. The topological polar surface area (TPSA) is 92.8 Å². The molecule has 1 amide bonds. The lowest BCUT2D eigenvalue weighted by Crippen LogP contribution is -2.38. The second-order valence-corrected chi connectivity index (χ2v) is 8.66. The van der Waals surface area contributed by atoms with Crippen molar-refractivity contribution in [2.24, 2.45) is 0 Å². The molecular weight excluding hydrogens is 440 g/mol. The van der Waals surface area contributed by atoms with Crippen molar-refractivity contribution in [3.8, 4) is 0 Å². The highest BCUT2D eigenvalue weighted by molar-refractivity contribution is 7.92. The number of halogens is 1. The minimum atomic E-state index is -4.01. The lowest BCUT2D eigenvalue weighted by molar-refractivity contribution is -0.114. The fourth-order valence-corrected chi connectivity index (χ4v) is 4.42. The summed E-state index contributed by atoms with van der Waals surface area (Å²) < 4.78 is 32.1. The van der Waals surface area contributed by atoms with Crippen LogP contribution in [0.5, 0.6) is 0 Å². The summed E-state index contributed by atoms with van der Waals surface area (Å²) >= 11 is 6.13. The molecule has 0 bridgehead atoms. The van der Waals surface area contributed by atoms with Crippen LogP contribution in [-0.2, 0) is 19.6 Å². The van der Waals surface area contributed by atoms with Crippen LogP contribution in [0.4, 0.5) is 11.4 Å². The predicted molar refractivity (Wildman–Crippen MR) is 119 cm³/mol. The summed E-state index contributed by atoms with van der Waals surface area (Å²) in [4.78, 5) is 24.6. The van der Waals surface area contributed by atoms with E-state index in [0.29, 0.717) is 5.69 Å². The third-order valence-electron chi connectivity index (χ3n) is 4.32. The number of rotatable bonds is 7. The molecule has 7 nitrogen and oxygen atoms in total. The van der Waals surface area contributed by atoms with Gasteiger partial charge in [-0.25, -0.2) is 13.2 Å². The number of para-hydroxylation sites is 1. The first-order valence-electron chi connectivity index (χ1n) is 9.13. The molecule has 9 heteroatoms. The number of carbonyl (C=O) groups excluding carboxylic acids is 2. The van der Waals surface area contributed by atoms with Crippen LogP contribution in [0.2, 0.25) is 5.02 Å². The van der Waals surface area contributed by atoms with Crippen LogP contribution >= 0.6 is 11.6 Å². The molecule has 0 unspecified atom stereocenters. The number of nitrogens with one attached hydrogen (secondary N) is 1. The molecule has 0 aromatic heterocycles. The van der Waals surface area contributed by atoms with E-state index in [4.69, 9.17) is 11.6 Å². The summed E-state index contributed by atoms with van der Waals surface area (Å²) in [6.07, 6.45) is 0. The van der Waals surface area contributed by atoms with Gasteiger partial charge in [0.2, 0.25) is 5.91 Å². The van der Waals surface area contributed by atoms with Crippen LogP contribution < -0.4 is 9.62 Å². The van der Waals surface area contributed by atoms with Crippen molar-refractivity contribution in [1.29, 1.82) is 0 Å². The van der Waals surface area contributed by atoms with Gasteiger partial charge in [-0.2, -0.15) is 0 Å². The molecule has 0 fully saturated rings. The van der Waals surface area contributed by atoms with Gasteiger partial charge in [0.05, 0.1) is 34.0 Å². The summed E-state index contributed by atoms with van der Waals surface area (Å²) in [5.41, 5.74) is 0.689. The van der Waals surface area contributed by atoms with Crippen LogP contribution in [0.1, 0.15) is 10.4 Å². The first kappa shape index (κ1) is 22.3. The van der Waals surface area contributed by atoms with E-state index in [1.165, 1.54) is 37.4 Å². The SMILES string of the molecule is COC(=O)c1ccc(Cl)c(NC(=O)CN(c2ccccc2)S(=O)(=O)c2ccccc2)c1. The summed E-state index contributed by atoms with van der Waals surface area (Å²) in [6, 6.07) is 20.4. The molecule has 1 N–H and O–H groups in total. The number of esters is 1. The van der Waals surface area contributed by atoms with Crippen LogP contribution in [0, 0.1) is 0 Å².